The van der Waals surface area contributed by atoms with Gasteiger partial charge in [-0.25, -0.2) is 0 Å². The molecule has 140 valence electrons. The third-order valence-electron chi connectivity index (χ3n) is 4.89. The van der Waals surface area contributed by atoms with Gasteiger partial charge in [-0.2, -0.15) is 0 Å². The van der Waals surface area contributed by atoms with Gasteiger partial charge in [-0.05, 0) is 34.5 Å². The normalized spacial score (nSPS) is 11.6. The van der Waals surface area contributed by atoms with E-state index in [-0.39, 0.29) is 0 Å². The van der Waals surface area contributed by atoms with Crippen molar-refractivity contribution in [2.45, 2.75) is 24.2 Å². The zero-order valence-electron chi connectivity index (χ0n) is 16.1. The largest absolute Gasteiger partial charge is 0.447 e. The first-order valence-electron chi connectivity index (χ1n) is 9.41. The Bertz CT molecular complexity index is 667. The number of hydrogen-bond donors (Lipinski definition) is 0. The molecule has 2 rings (SSSR count). The van der Waals surface area contributed by atoms with Gasteiger partial charge in [0.25, 0.3) is 0 Å². The molecule has 0 N–H and O–H groups in total. The predicted octanol–water partition coefficient (Wildman–Crippen LogP) is 5.45. The van der Waals surface area contributed by atoms with Crippen LogP contribution in [0.3, 0.4) is 0 Å². The fourth-order valence-electron chi connectivity index (χ4n) is 3.71. The van der Waals surface area contributed by atoms with E-state index >= 15 is 0 Å². The van der Waals surface area contributed by atoms with Crippen LogP contribution in [0.15, 0.2) is 111 Å². The molecule has 0 bridgehead atoms. The third kappa shape index (κ3) is 4.95. The molecule has 0 aliphatic rings. The van der Waals surface area contributed by atoms with Crippen LogP contribution >= 0.6 is 0 Å². The zero-order valence-corrected chi connectivity index (χ0v) is 18.1. The van der Waals surface area contributed by atoms with Crippen LogP contribution in [-0.2, 0) is 4.12 Å². The van der Waals surface area contributed by atoms with Gasteiger partial charge < -0.3 is 4.12 Å². The van der Waals surface area contributed by atoms with Crippen LogP contribution < -0.4 is 10.4 Å². The lowest BCUT2D eigenvalue weighted by Gasteiger charge is -2.41. The van der Waals surface area contributed by atoms with Gasteiger partial charge in [-0.15, -0.1) is 26.3 Å². The van der Waals surface area contributed by atoms with E-state index in [9.17, 15) is 0 Å². The molecule has 0 atom stereocenters. The van der Waals surface area contributed by atoms with Crippen LogP contribution in [0.4, 0.5) is 0 Å². The van der Waals surface area contributed by atoms with Crippen molar-refractivity contribution >= 4 is 27.0 Å². The molecule has 0 spiro atoms. The molecule has 0 fully saturated rings. The molecule has 2 aromatic rings. The first-order chi connectivity index (χ1) is 13.2. The molecule has 0 heterocycles. The summed E-state index contributed by atoms with van der Waals surface area (Å²) >= 11 is 0. The van der Waals surface area contributed by atoms with Gasteiger partial charge in [0.15, 0.2) is 0 Å². The minimum atomic E-state index is -2.33. The molecule has 0 radical (unpaired) electrons. The summed E-state index contributed by atoms with van der Waals surface area (Å²) in [6.45, 7) is 16.2. The molecule has 0 saturated carbocycles. The van der Waals surface area contributed by atoms with Gasteiger partial charge in [0.05, 0.1) is 0 Å². The second kappa shape index (κ2) is 10.2. The van der Waals surface area contributed by atoms with Gasteiger partial charge in [-0.1, -0.05) is 85.0 Å². The average molecular weight is 391 g/mol. The maximum atomic E-state index is 7.35. The second-order valence-electron chi connectivity index (χ2n) is 6.79. The Labute approximate surface area is 166 Å². The SMILES string of the molecule is C=CC[Si](CC=C)(O[Si](CC=C)(CC=C)c1ccccc1)c1ccccc1. The highest BCUT2D eigenvalue weighted by Gasteiger charge is 2.45. The van der Waals surface area contributed by atoms with Crippen LogP contribution in [-0.4, -0.2) is 16.6 Å². The Morgan fingerprint density at radius 3 is 1.11 bits per heavy atom. The van der Waals surface area contributed by atoms with Crippen LogP contribution in [0.1, 0.15) is 0 Å². The molecule has 2 aromatic carbocycles. The van der Waals surface area contributed by atoms with E-state index < -0.39 is 16.6 Å². The summed E-state index contributed by atoms with van der Waals surface area (Å²) in [5.74, 6) is 0. The average Bonchev–Trinajstić information content (AvgIpc) is 2.70. The Morgan fingerprint density at radius 1 is 0.556 bits per heavy atom. The fraction of sp³-hybridized carbons (Fsp3) is 0.167. The Morgan fingerprint density at radius 2 is 0.852 bits per heavy atom. The Hall–Kier alpha value is -2.21. The van der Waals surface area contributed by atoms with E-state index in [0.29, 0.717) is 0 Å². The highest BCUT2D eigenvalue weighted by Crippen LogP contribution is 2.29. The highest BCUT2D eigenvalue weighted by molar-refractivity contribution is 6.99. The molecule has 0 aliphatic heterocycles. The van der Waals surface area contributed by atoms with Crippen LogP contribution in [0.5, 0.6) is 0 Å². The first kappa shape index (κ1) is 21.1. The standard InChI is InChI=1S/C24H30OSi2/c1-5-19-26(20-6-2,23-15-11-9-12-16-23)25-27(21-7-3,22-8-4)24-17-13-10-14-18-24/h5-18H,1-4,19-22H2. The van der Waals surface area contributed by atoms with Crippen LogP contribution in [0.2, 0.25) is 24.2 Å². The summed E-state index contributed by atoms with van der Waals surface area (Å²) in [7, 11) is -4.67. The molecular formula is C24H30OSi2. The zero-order chi connectivity index (χ0) is 19.6. The topological polar surface area (TPSA) is 9.23 Å². The summed E-state index contributed by atoms with van der Waals surface area (Å²) in [5.41, 5.74) is 0. The maximum absolute atomic E-state index is 7.35. The molecular weight excluding hydrogens is 360 g/mol. The smallest absolute Gasteiger partial charge is 0.220 e. The number of benzene rings is 2. The van der Waals surface area contributed by atoms with Gasteiger partial charge >= 0.3 is 0 Å². The highest BCUT2D eigenvalue weighted by atomic mass is 28.4. The van der Waals surface area contributed by atoms with Crippen molar-refractivity contribution in [1.29, 1.82) is 0 Å². The van der Waals surface area contributed by atoms with Gasteiger partial charge in [-0.3, -0.25) is 0 Å². The minimum Gasteiger partial charge on any atom is -0.447 e. The Balaban J connectivity index is 2.64. The summed E-state index contributed by atoms with van der Waals surface area (Å²) < 4.78 is 7.35. The van der Waals surface area contributed by atoms with Crippen molar-refractivity contribution in [3.8, 4) is 0 Å². The molecule has 3 heteroatoms. The number of hydrogen-bond acceptors (Lipinski definition) is 1. The lowest BCUT2D eigenvalue weighted by atomic mass is 10.4. The number of rotatable bonds is 12. The van der Waals surface area contributed by atoms with Gasteiger partial charge in [0.2, 0.25) is 16.6 Å². The molecule has 1 nitrogen and oxygen atoms in total. The van der Waals surface area contributed by atoms with Crippen molar-refractivity contribution in [3.63, 3.8) is 0 Å². The van der Waals surface area contributed by atoms with E-state index in [1.54, 1.807) is 0 Å². The molecule has 0 unspecified atom stereocenters. The van der Waals surface area contributed by atoms with E-state index in [0.717, 1.165) is 24.2 Å². The van der Waals surface area contributed by atoms with Crippen molar-refractivity contribution in [2.24, 2.45) is 0 Å². The van der Waals surface area contributed by atoms with Crippen LogP contribution in [0, 0.1) is 0 Å². The fourth-order valence-corrected chi connectivity index (χ4v) is 13.7. The second-order valence-corrected chi connectivity index (χ2v) is 14.4. The van der Waals surface area contributed by atoms with Gasteiger partial charge in [0.1, 0.15) is 0 Å². The molecule has 27 heavy (non-hydrogen) atoms. The molecule has 0 aromatic heterocycles. The lowest BCUT2D eigenvalue weighted by Crippen LogP contribution is -2.62. The van der Waals surface area contributed by atoms with Crippen molar-refractivity contribution < 1.29 is 4.12 Å². The minimum absolute atomic E-state index is 0.860. The summed E-state index contributed by atoms with van der Waals surface area (Å²) in [6.07, 6.45) is 8.03. The monoisotopic (exact) mass is 390 g/mol. The molecule has 0 aliphatic carbocycles. The van der Waals surface area contributed by atoms with Crippen molar-refractivity contribution in [2.75, 3.05) is 0 Å². The lowest BCUT2D eigenvalue weighted by molar-refractivity contribution is 0.552. The quantitative estimate of drug-likeness (QED) is 0.346. The summed E-state index contributed by atoms with van der Waals surface area (Å²) in [6, 6.07) is 24.7. The third-order valence-corrected chi connectivity index (χ3v) is 14.6. The van der Waals surface area contributed by atoms with Crippen molar-refractivity contribution in [3.05, 3.63) is 111 Å². The molecule has 0 amide bonds. The van der Waals surface area contributed by atoms with Crippen LogP contribution in [0.25, 0.3) is 0 Å². The summed E-state index contributed by atoms with van der Waals surface area (Å²) in [4.78, 5) is 0. The first-order valence-corrected chi connectivity index (χ1v) is 14.1. The van der Waals surface area contributed by atoms with E-state index in [1.807, 2.05) is 24.3 Å². The van der Waals surface area contributed by atoms with Crippen molar-refractivity contribution in [1.82, 2.24) is 0 Å². The predicted molar refractivity (Wildman–Crippen MR) is 125 cm³/mol. The summed E-state index contributed by atoms with van der Waals surface area (Å²) in [5, 5.41) is 2.59. The van der Waals surface area contributed by atoms with E-state index in [2.05, 4.69) is 87.0 Å². The van der Waals surface area contributed by atoms with E-state index in [1.165, 1.54) is 10.4 Å². The van der Waals surface area contributed by atoms with E-state index in [4.69, 9.17) is 4.12 Å². The maximum Gasteiger partial charge on any atom is 0.220 e. The molecule has 0 saturated heterocycles. The Kier molecular flexibility index (Phi) is 7.98. The van der Waals surface area contributed by atoms with Gasteiger partial charge in [0, 0.05) is 0 Å². The number of allylic oxidation sites excluding steroid dienone is 4.